The summed E-state index contributed by atoms with van der Waals surface area (Å²) in [7, 11) is 0. The lowest BCUT2D eigenvalue weighted by atomic mass is 9.76. The smallest absolute Gasteiger partial charge is 0.341 e. The van der Waals surface area contributed by atoms with Crippen molar-refractivity contribution in [1.82, 2.24) is 9.97 Å². The lowest BCUT2D eigenvalue weighted by Crippen LogP contribution is -2.34. The summed E-state index contributed by atoms with van der Waals surface area (Å²) in [6.45, 7) is 2.44. The van der Waals surface area contributed by atoms with E-state index >= 15 is 0 Å². The van der Waals surface area contributed by atoms with Gasteiger partial charge in [0.1, 0.15) is 34.5 Å². The summed E-state index contributed by atoms with van der Waals surface area (Å²) in [5.41, 5.74) is 4.25. The number of carbonyl (C=O) groups is 3. The van der Waals surface area contributed by atoms with Crippen molar-refractivity contribution in [2.75, 3.05) is 23.8 Å². The van der Waals surface area contributed by atoms with Crippen LogP contribution in [-0.4, -0.2) is 61.5 Å². The maximum atomic E-state index is 13.7. The summed E-state index contributed by atoms with van der Waals surface area (Å²) >= 11 is 0. The zero-order valence-electron chi connectivity index (χ0n) is 32.6. The molecule has 0 amide bonds. The molecule has 61 heavy (non-hydrogen) atoms. The first kappa shape index (κ1) is 38.4. The topological polar surface area (TPSA) is 219 Å². The summed E-state index contributed by atoms with van der Waals surface area (Å²) in [4.78, 5) is 45.9. The normalized spacial score (nSPS) is 13.2. The second-order valence-corrected chi connectivity index (χ2v) is 14.7. The monoisotopic (exact) mass is 820 g/mol. The van der Waals surface area contributed by atoms with Crippen molar-refractivity contribution >= 4 is 51.1 Å². The van der Waals surface area contributed by atoms with Crippen molar-refractivity contribution in [3.63, 3.8) is 0 Å². The van der Waals surface area contributed by atoms with E-state index in [-0.39, 0.29) is 58.7 Å². The third kappa shape index (κ3) is 6.80. The molecule has 2 aliphatic heterocycles. The number of carbonyl (C=O) groups excluding carboxylic acids is 1. The van der Waals surface area contributed by atoms with Gasteiger partial charge in [-0.25, -0.2) is 14.4 Å². The van der Waals surface area contributed by atoms with Gasteiger partial charge in [-0.05, 0) is 68.4 Å². The van der Waals surface area contributed by atoms with E-state index in [0.29, 0.717) is 55.4 Å². The first-order valence-electron chi connectivity index (χ1n) is 19.1. The SMILES string of the molecule is Cc1ccc2cc(OCC(=O)O)cc(NCc3c(O)ccc4c3Oc3c(ccc(O)c3CNc3cc(OCC(=O)O)cc5ccc(C)nc35)C43OC(=O)c4ccccc43)c2n1. The fourth-order valence-corrected chi connectivity index (χ4v) is 7.93. The number of aliphatic carboxylic acids is 2. The molecule has 7 aromatic rings. The Hall–Kier alpha value is -8.07. The van der Waals surface area contributed by atoms with Crippen LogP contribution in [0, 0.1) is 13.8 Å². The van der Waals surface area contributed by atoms with Crippen LogP contribution in [0.4, 0.5) is 11.4 Å². The Morgan fingerprint density at radius 1 is 0.656 bits per heavy atom. The van der Waals surface area contributed by atoms with Crippen molar-refractivity contribution in [2.24, 2.45) is 0 Å². The van der Waals surface area contributed by atoms with Gasteiger partial charge in [0.2, 0.25) is 0 Å². The molecule has 0 saturated heterocycles. The van der Waals surface area contributed by atoms with Gasteiger partial charge in [0.25, 0.3) is 0 Å². The molecule has 2 aliphatic rings. The maximum Gasteiger partial charge on any atom is 0.341 e. The molecular weight excluding hydrogens is 785 g/mol. The number of aryl methyl sites for hydroxylation is 2. The van der Waals surface area contributed by atoms with Gasteiger partial charge in [0.15, 0.2) is 18.8 Å². The highest BCUT2D eigenvalue weighted by molar-refractivity contribution is 5.97. The Morgan fingerprint density at radius 3 is 1.64 bits per heavy atom. The molecule has 5 aromatic carbocycles. The Morgan fingerprint density at radius 2 is 1.15 bits per heavy atom. The molecule has 0 fully saturated rings. The van der Waals surface area contributed by atoms with Gasteiger partial charge >= 0.3 is 17.9 Å². The fraction of sp³-hybridized carbons (Fsp3) is 0.152. The molecule has 15 nitrogen and oxygen atoms in total. The number of hydrogen-bond donors (Lipinski definition) is 6. The number of aromatic hydroxyl groups is 2. The average Bonchev–Trinajstić information content (AvgIpc) is 3.53. The summed E-state index contributed by atoms with van der Waals surface area (Å²) in [6, 6.07) is 27.2. The van der Waals surface area contributed by atoms with Crippen LogP contribution in [0.15, 0.2) is 97.1 Å². The van der Waals surface area contributed by atoms with E-state index in [9.17, 15) is 34.8 Å². The van der Waals surface area contributed by atoms with Crippen LogP contribution in [-0.2, 0) is 33.0 Å². The van der Waals surface area contributed by atoms with Gasteiger partial charge < -0.3 is 50.0 Å². The first-order chi connectivity index (χ1) is 29.4. The molecule has 15 heteroatoms. The molecular formula is C46H36N4O11. The van der Waals surface area contributed by atoms with Crippen molar-refractivity contribution in [1.29, 1.82) is 0 Å². The third-order valence-corrected chi connectivity index (χ3v) is 10.7. The number of carboxylic acids is 2. The predicted molar refractivity (Wildman–Crippen MR) is 222 cm³/mol. The maximum absolute atomic E-state index is 13.7. The van der Waals surface area contributed by atoms with Gasteiger partial charge in [0.05, 0.1) is 39.1 Å². The summed E-state index contributed by atoms with van der Waals surface area (Å²) in [5.74, 6) is -2.28. The Balaban J connectivity index is 1.17. The molecule has 0 saturated carbocycles. The number of benzene rings is 5. The van der Waals surface area contributed by atoms with Crippen LogP contribution in [0.1, 0.15) is 49.6 Å². The number of ether oxygens (including phenoxy) is 4. The Bertz CT molecular complexity index is 2820. The van der Waals surface area contributed by atoms with Crippen LogP contribution < -0.4 is 24.8 Å². The Kier molecular flexibility index (Phi) is 9.42. The molecule has 4 heterocycles. The van der Waals surface area contributed by atoms with E-state index in [1.54, 1.807) is 60.7 Å². The zero-order chi connectivity index (χ0) is 42.6. The Labute approximate surface area is 346 Å². The van der Waals surface area contributed by atoms with E-state index in [4.69, 9.17) is 28.9 Å². The van der Waals surface area contributed by atoms with Crippen LogP contribution in [0.25, 0.3) is 21.8 Å². The van der Waals surface area contributed by atoms with Gasteiger partial charge in [-0.3, -0.25) is 9.97 Å². The quantitative estimate of drug-likeness (QED) is 0.0657. The molecule has 0 unspecified atom stereocenters. The standard InChI is InChI=1S/C46H36N4O11/c1-23-7-9-25-15-27(58-21-39(53)54)17-35(41(25)49-23)47-19-30-37(51)13-11-33-43(30)60-44-31(38(52)14-12-34(44)46(33)32-6-4-3-5-29(32)45(57)61-46)20-48-36-18-28(59-22-40(55)56)16-26-10-8-24(2)50-42(26)36/h3-18,47-48,51-52H,19-22H2,1-2H3,(H,53,54)(H,55,56). The molecule has 0 aliphatic carbocycles. The number of fused-ring (bicyclic) bond motifs is 8. The molecule has 2 aromatic heterocycles. The summed E-state index contributed by atoms with van der Waals surface area (Å²) in [5, 5.41) is 49.8. The molecule has 0 bridgehead atoms. The van der Waals surface area contributed by atoms with Crippen molar-refractivity contribution < 1.29 is 53.8 Å². The van der Waals surface area contributed by atoms with Crippen LogP contribution in [0.5, 0.6) is 34.5 Å². The number of aromatic nitrogens is 2. The minimum atomic E-state index is -1.58. The molecule has 306 valence electrons. The van der Waals surface area contributed by atoms with Crippen LogP contribution >= 0.6 is 0 Å². The van der Waals surface area contributed by atoms with Gasteiger partial charge in [-0.15, -0.1) is 0 Å². The summed E-state index contributed by atoms with van der Waals surface area (Å²) < 4.78 is 24.3. The van der Waals surface area contributed by atoms with Gasteiger partial charge in [0, 0.05) is 64.1 Å². The number of esters is 1. The molecule has 6 N–H and O–H groups in total. The van der Waals surface area contributed by atoms with Gasteiger partial charge in [-0.1, -0.05) is 30.3 Å². The highest BCUT2D eigenvalue weighted by atomic mass is 16.6. The minimum Gasteiger partial charge on any atom is -0.507 e. The highest BCUT2D eigenvalue weighted by Gasteiger charge is 2.54. The molecule has 9 rings (SSSR count). The fourth-order valence-electron chi connectivity index (χ4n) is 7.93. The van der Waals surface area contributed by atoms with Crippen LogP contribution in [0.3, 0.4) is 0 Å². The van der Waals surface area contributed by atoms with E-state index in [1.807, 2.05) is 38.1 Å². The van der Waals surface area contributed by atoms with Gasteiger partial charge in [-0.2, -0.15) is 0 Å². The third-order valence-electron chi connectivity index (χ3n) is 10.7. The number of hydrogen-bond acceptors (Lipinski definition) is 13. The first-order valence-corrected chi connectivity index (χ1v) is 19.1. The highest BCUT2D eigenvalue weighted by Crippen LogP contribution is 2.59. The average molecular weight is 821 g/mol. The van der Waals surface area contributed by atoms with Crippen molar-refractivity contribution in [2.45, 2.75) is 32.5 Å². The minimum absolute atomic E-state index is 0.0599. The number of nitrogens with one attached hydrogen (secondary N) is 2. The number of phenols is 2. The number of anilines is 2. The lowest BCUT2D eigenvalue weighted by Gasteiger charge is -2.38. The predicted octanol–water partition coefficient (Wildman–Crippen LogP) is 7.53. The van der Waals surface area contributed by atoms with Crippen molar-refractivity contribution in [3.05, 3.63) is 142 Å². The number of pyridine rings is 2. The van der Waals surface area contributed by atoms with E-state index < -0.39 is 36.7 Å². The second-order valence-electron chi connectivity index (χ2n) is 14.7. The summed E-state index contributed by atoms with van der Waals surface area (Å²) in [6.07, 6.45) is 0. The lowest BCUT2D eigenvalue weighted by molar-refractivity contribution is -0.140. The van der Waals surface area contributed by atoms with Crippen molar-refractivity contribution in [3.8, 4) is 34.5 Å². The van der Waals surface area contributed by atoms with Crippen LogP contribution in [0.2, 0.25) is 0 Å². The number of nitrogens with zero attached hydrogens (tertiary/aromatic N) is 2. The van der Waals surface area contributed by atoms with E-state index in [1.165, 1.54) is 12.1 Å². The molecule has 1 spiro atoms. The van der Waals surface area contributed by atoms with E-state index in [2.05, 4.69) is 10.6 Å². The molecule has 0 atom stereocenters. The number of carboxylic acid groups (broad SMARTS) is 2. The largest absolute Gasteiger partial charge is 0.507 e. The number of phenolic OH excluding ortho intramolecular Hbond substituents is 2. The zero-order valence-corrected chi connectivity index (χ0v) is 32.6. The molecule has 0 radical (unpaired) electrons. The second kappa shape index (κ2) is 14.9. The number of rotatable bonds is 12. The van der Waals surface area contributed by atoms with E-state index in [0.717, 1.165) is 11.4 Å².